The molecule has 0 unspecified atom stereocenters. The number of nitrogens with two attached hydrogens (primary N) is 1. The molecule has 0 aromatic heterocycles. The van der Waals surface area contributed by atoms with Crippen LogP contribution in [0.4, 0.5) is 18.9 Å². The highest BCUT2D eigenvalue weighted by molar-refractivity contribution is 8.01. The number of halogens is 3. The average Bonchev–Trinajstić information content (AvgIpc) is 2.53. The van der Waals surface area contributed by atoms with Crippen LogP contribution in [0, 0.1) is 0 Å². The first kappa shape index (κ1) is 18.9. The monoisotopic (exact) mass is 363 g/mol. The summed E-state index contributed by atoms with van der Waals surface area (Å²) >= 11 is 1.12. The number of hydrogen-bond donors (Lipinski definition) is 3. The molecule has 0 atom stereocenters. The van der Waals surface area contributed by atoms with Crippen molar-refractivity contribution in [1.29, 1.82) is 0 Å². The van der Waals surface area contributed by atoms with Gasteiger partial charge in [-0.1, -0.05) is 6.07 Å². The fraction of sp³-hybridized carbons (Fsp3) is 0.533. The molecule has 1 amide bonds. The zero-order chi connectivity index (χ0) is 17.7. The second kappa shape index (κ2) is 8.09. The molecule has 134 valence electrons. The number of carbonyl (C=O) groups excluding carboxylic acids is 1. The van der Waals surface area contributed by atoms with Gasteiger partial charge in [0.2, 0.25) is 5.91 Å². The van der Waals surface area contributed by atoms with Gasteiger partial charge in [0.1, 0.15) is 0 Å². The van der Waals surface area contributed by atoms with Crippen molar-refractivity contribution in [3.8, 4) is 0 Å². The smallest absolute Gasteiger partial charge is 0.369 e. The van der Waals surface area contributed by atoms with Crippen molar-refractivity contribution in [3.05, 3.63) is 29.8 Å². The van der Waals surface area contributed by atoms with Gasteiger partial charge in [-0.15, -0.1) is 0 Å². The van der Waals surface area contributed by atoms with Crippen molar-refractivity contribution in [2.75, 3.05) is 11.0 Å². The fourth-order valence-corrected chi connectivity index (χ4v) is 3.62. The molecular formula is C15H20F3N3O2S. The summed E-state index contributed by atoms with van der Waals surface area (Å²) in [4.78, 5) is 10.7. The van der Waals surface area contributed by atoms with Gasteiger partial charge in [0.05, 0.1) is 17.8 Å². The molecule has 1 fully saturated rings. The Kier molecular flexibility index (Phi) is 6.36. The number of alkyl halides is 3. The first-order chi connectivity index (χ1) is 11.3. The third kappa shape index (κ3) is 5.57. The van der Waals surface area contributed by atoms with Crippen molar-refractivity contribution in [2.24, 2.45) is 5.73 Å². The number of nitrogens with zero attached hydrogens (tertiary/aromatic N) is 1. The number of nitrogens with one attached hydrogen (secondary N) is 1. The maximum Gasteiger partial charge on any atom is 0.416 e. The Hall–Kier alpha value is -1.45. The summed E-state index contributed by atoms with van der Waals surface area (Å²) in [5.41, 5.74) is 4.39. The Morgan fingerprint density at radius 2 is 2.00 bits per heavy atom. The van der Waals surface area contributed by atoms with E-state index < -0.39 is 17.6 Å². The molecule has 1 aromatic rings. The van der Waals surface area contributed by atoms with Gasteiger partial charge in [-0.05, 0) is 55.8 Å². The van der Waals surface area contributed by atoms with E-state index in [0.717, 1.165) is 54.2 Å². The van der Waals surface area contributed by atoms with Crippen molar-refractivity contribution in [2.45, 2.75) is 43.2 Å². The van der Waals surface area contributed by atoms with E-state index in [0.29, 0.717) is 0 Å². The van der Waals surface area contributed by atoms with Crippen molar-refractivity contribution in [1.82, 2.24) is 5.32 Å². The van der Waals surface area contributed by atoms with Crippen molar-refractivity contribution >= 4 is 23.5 Å². The quantitative estimate of drug-likeness (QED) is 0.535. The molecule has 4 N–H and O–H groups in total. The lowest BCUT2D eigenvalue weighted by molar-refractivity contribution is -0.137. The van der Waals surface area contributed by atoms with Crippen LogP contribution < -0.4 is 15.5 Å². The molecule has 9 heteroatoms. The highest BCUT2D eigenvalue weighted by Gasteiger charge is 2.31. The first-order valence-corrected chi connectivity index (χ1v) is 8.44. The molecule has 0 spiro atoms. The molecule has 0 aliphatic heterocycles. The predicted molar refractivity (Wildman–Crippen MR) is 86.5 cm³/mol. The van der Waals surface area contributed by atoms with E-state index >= 15 is 0 Å². The third-order valence-corrected chi connectivity index (χ3v) is 5.06. The van der Waals surface area contributed by atoms with Crippen LogP contribution in [-0.4, -0.2) is 29.0 Å². The fourth-order valence-electron chi connectivity index (χ4n) is 2.62. The van der Waals surface area contributed by atoms with Crippen LogP contribution in [0.15, 0.2) is 24.3 Å². The number of hydrogen-bond acceptors (Lipinski definition) is 5. The first-order valence-electron chi connectivity index (χ1n) is 7.60. The van der Waals surface area contributed by atoms with Gasteiger partial charge in [-0.25, -0.2) is 0 Å². The van der Waals surface area contributed by atoms with E-state index in [-0.39, 0.29) is 23.5 Å². The molecule has 1 saturated carbocycles. The normalized spacial score (nSPS) is 21.5. The summed E-state index contributed by atoms with van der Waals surface area (Å²) in [7, 11) is 0. The molecule has 2 rings (SSSR count). The highest BCUT2D eigenvalue weighted by atomic mass is 32.2. The Bertz CT molecular complexity index is 563. The Labute approximate surface area is 142 Å². The minimum Gasteiger partial charge on any atom is -0.369 e. The minimum absolute atomic E-state index is 0.101. The van der Waals surface area contributed by atoms with Crippen LogP contribution in [0.2, 0.25) is 0 Å². The summed E-state index contributed by atoms with van der Waals surface area (Å²) in [5, 5.41) is 13.2. The Balaban J connectivity index is 1.85. The van der Waals surface area contributed by atoms with E-state index in [9.17, 15) is 23.2 Å². The number of carbonyl (C=O) groups is 1. The highest BCUT2D eigenvalue weighted by Crippen LogP contribution is 2.35. The molecule has 1 aliphatic carbocycles. The van der Waals surface area contributed by atoms with Gasteiger partial charge >= 0.3 is 6.18 Å². The van der Waals surface area contributed by atoms with Crippen molar-refractivity contribution in [3.63, 3.8) is 0 Å². The molecule has 1 aromatic carbocycles. The number of rotatable bonds is 6. The summed E-state index contributed by atoms with van der Waals surface area (Å²) < 4.78 is 38.9. The maximum absolute atomic E-state index is 12.7. The van der Waals surface area contributed by atoms with E-state index in [1.165, 1.54) is 12.1 Å². The largest absolute Gasteiger partial charge is 0.416 e. The summed E-state index contributed by atoms with van der Waals surface area (Å²) in [6.07, 6.45) is -1.22. The van der Waals surface area contributed by atoms with Crippen LogP contribution in [0.1, 0.15) is 31.2 Å². The van der Waals surface area contributed by atoms with E-state index in [1.807, 2.05) is 0 Å². The van der Waals surface area contributed by atoms with Gasteiger partial charge in [0.15, 0.2) is 0 Å². The molecule has 24 heavy (non-hydrogen) atoms. The lowest BCUT2D eigenvalue weighted by Crippen LogP contribution is -2.39. The molecule has 0 bridgehead atoms. The standard InChI is InChI=1S/C15H20F3N3O2S/c16-15(17,18)10-2-1-3-12(8-10)21(23)24-13-6-4-11(5-7-13)20-9-14(19)22/h1-3,8,11,13,20,23H,4-7,9H2,(H2,19,22). The number of primary amides is 1. The predicted octanol–water partition coefficient (Wildman–Crippen LogP) is 2.94. The Morgan fingerprint density at radius 3 is 2.58 bits per heavy atom. The van der Waals surface area contributed by atoms with Crippen LogP contribution in [0.3, 0.4) is 0 Å². The zero-order valence-corrected chi connectivity index (χ0v) is 13.7. The average molecular weight is 363 g/mol. The minimum atomic E-state index is -4.44. The van der Waals surface area contributed by atoms with Gasteiger partial charge < -0.3 is 11.1 Å². The lowest BCUT2D eigenvalue weighted by Gasteiger charge is -2.30. The van der Waals surface area contributed by atoms with Gasteiger partial charge in [-0.2, -0.15) is 17.6 Å². The van der Waals surface area contributed by atoms with E-state index in [2.05, 4.69) is 5.32 Å². The lowest BCUT2D eigenvalue weighted by atomic mass is 9.95. The molecular weight excluding hydrogens is 343 g/mol. The van der Waals surface area contributed by atoms with Crippen LogP contribution in [0.5, 0.6) is 0 Å². The second-order valence-corrected chi connectivity index (χ2v) is 6.97. The number of anilines is 1. The summed E-state index contributed by atoms with van der Waals surface area (Å²) in [6, 6.07) is 4.80. The zero-order valence-electron chi connectivity index (χ0n) is 12.9. The van der Waals surface area contributed by atoms with Gasteiger partial charge in [0.25, 0.3) is 0 Å². The summed E-state index contributed by atoms with van der Waals surface area (Å²) in [6.45, 7) is 0.138. The van der Waals surface area contributed by atoms with Gasteiger partial charge in [0, 0.05) is 11.3 Å². The Morgan fingerprint density at radius 1 is 1.33 bits per heavy atom. The van der Waals surface area contributed by atoms with Crippen molar-refractivity contribution < 1.29 is 23.2 Å². The SMILES string of the molecule is NC(=O)CNC1CCC(SN(O)c2cccc(C(F)(F)F)c2)CC1. The topological polar surface area (TPSA) is 78.6 Å². The maximum atomic E-state index is 12.7. The van der Waals surface area contributed by atoms with E-state index in [4.69, 9.17) is 5.73 Å². The van der Waals surface area contributed by atoms with Crippen LogP contribution in [0.25, 0.3) is 0 Å². The third-order valence-electron chi connectivity index (χ3n) is 3.88. The second-order valence-electron chi connectivity index (χ2n) is 5.75. The number of amides is 1. The molecule has 5 nitrogen and oxygen atoms in total. The molecule has 0 radical (unpaired) electrons. The molecule has 0 saturated heterocycles. The van der Waals surface area contributed by atoms with E-state index in [1.54, 1.807) is 0 Å². The van der Waals surface area contributed by atoms with Crippen LogP contribution >= 0.6 is 11.9 Å². The number of benzene rings is 1. The summed E-state index contributed by atoms with van der Waals surface area (Å²) in [5.74, 6) is -0.405. The van der Waals surface area contributed by atoms with Gasteiger partial charge in [-0.3, -0.25) is 10.0 Å². The molecule has 0 heterocycles. The van der Waals surface area contributed by atoms with Crippen LogP contribution in [-0.2, 0) is 11.0 Å². The molecule has 1 aliphatic rings.